The maximum absolute atomic E-state index is 10.6. The van der Waals surface area contributed by atoms with Gasteiger partial charge >= 0.3 is 5.97 Å². The summed E-state index contributed by atoms with van der Waals surface area (Å²) in [6, 6.07) is 0.800. The van der Waals surface area contributed by atoms with Crippen molar-refractivity contribution in [1.82, 2.24) is 4.98 Å². The first-order valence-corrected chi connectivity index (χ1v) is 4.53. The summed E-state index contributed by atoms with van der Waals surface area (Å²) in [5.41, 5.74) is 6.92. The van der Waals surface area contributed by atoms with Crippen molar-refractivity contribution in [2.24, 2.45) is 5.73 Å². The highest BCUT2D eigenvalue weighted by molar-refractivity contribution is 5.73. The number of nitrogens with zero attached hydrogens (tertiary/aromatic N) is 1. The molecule has 3 N–H and O–H groups in total. The number of rotatable bonds is 4. The molecule has 0 amide bonds. The van der Waals surface area contributed by atoms with Crippen LogP contribution in [0.15, 0.2) is 12.3 Å². The number of ether oxygens (including phenoxy) is 1. The summed E-state index contributed by atoms with van der Waals surface area (Å²) in [7, 11) is 1.56. The topological polar surface area (TPSA) is 85.4 Å². The summed E-state index contributed by atoms with van der Waals surface area (Å²) >= 11 is 0. The predicted molar refractivity (Wildman–Crippen MR) is 54.8 cm³/mol. The van der Waals surface area contributed by atoms with Crippen LogP contribution in [0.5, 0.6) is 5.75 Å². The molecule has 0 fully saturated rings. The fraction of sp³-hybridized carbons (Fsp3) is 0.400. The van der Waals surface area contributed by atoms with Crippen LogP contribution in [0.2, 0.25) is 0 Å². The summed E-state index contributed by atoms with van der Waals surface area (Å²) in [4.78, 5) is 14.7. The van der Waals surface area contributed by atoms with Crippen LogP contribution in [0.4, 0.5) is 0 Å². The van der Waals surface area contributed by atoms with E-state index in [0.29, 0.717) is 11.4 Å². The maximum atomic E-state index is 10.6. The van der Waals surface area contributed by atoms with Gasteiger partial charge in [-0.05, 0) is 13.0 Å². The van der Waals surface area contributed by atoms with Crippen molar-refractivity contribution >= 4 is 5.97 Å². The number of aromatic nitrogens is 1. The standard InChI is InChI=1S/C10H14N2O3/c1-6-8(5-7(11)10(13)14)12-4-3-9(6)15-2/h3-4,7H,5,11H2,1-2H3,(H,13,14). The van der Waals surface area contributed by atoms with E-state index < -0.39 is 12.0 Å². The molecule has 1 heterocycles. The summed E-state index contributed by atoms with van der Waals surface area (Å²) in [6.07, 6.45) is 1.79. The molecular formula is C10H14N2O3. The van der Waals surface area contributed by atoms with Gasteiger partial charge in [0.1, 0.15) is 11.8 Å². The molecule has 0 aromatic carbocycles. The number of pyridine rings is 1. The zero-order chi connectivity index (χ0) is 11.4. The van der Waals surface area contributed by atoms with Gasteiger partial charge in [-0.25, -0.2) is 0 Å². The number of carboxylic acids is 1. The molecule has 0 aliphatic heterocycles. The minimum atomic E-state index is -1.03. The maximum Gasteiger partial charge on any atom is 0.320 e. The predicted octanol–water partition coefficient (Wildman–Crippen LogP) is 0.353. The zero-order valence-corrected chi connectivity index (χ0v) is 8.73. The molecular weight excluding hydrogens is 196 g/mol. The molecule has 0 saturated carbocycles. The fourth-order valence-electron chi connectivity index (χ4n) is 1.28. The van der Waals surface area contributed by atoms with Gasteiger partial charge in [0.15, 0.2) is 0 Å². The van der Waals surface area contributed by atoms with Crippen molar-refractivity contribution < 1.29 is 14.6 Å². The monoisotopic (exact) mass is 210 g/mol. The molecule has 0 bridgehead atoms. The molecule has 1 aromatic rings. The Kier molecular flexibility index (Phi) is 3.62. The Balaban J connectivity index is 2.90. The highest BCUT2D eigenvalue weighted by atomic mass is 16.5. The average Bonchev–Trinajstić information content (AvgIpc) is 2.21. The second kappa shape index (κ2) is 4.75. The minimum absolute atomic E-state index is 0.207. The Bertz CT molecular complexity index is 366. The van der Waals surface area contributed by atoms with Gasteiger partial charge in [-0.3, -0.25) is 9.78 Å². The molecule has 1 rings (SSSR count). The van der Waals surface area contributed by atoms with Crippen molar-refractivity contribution in [3.8, 4) is 5.75 Å². The Hall–Kier alpha value is -1.62. The van der Waals surface area contributed by atoms with Crippen molar-refractivity contribution in [3.63, 3.8) is 0 Å². The molecule has 5 heteroatoms. The summed E-state index contributed by atoms with van der Waals surface area (Å²) < 4.78 is 5.10. The van der Waals surface area contributed by atoms with Gasteiger partial charge in [-0.1, -0.05) is 0 Å². The van der Waals surface area contributed by atoms with Crippen molar-refractivity contribution in [1.29, 1.82) is 0 Å². The first-order chi connectivity index (χ1) is 7.06. The fourth-order valence-corrected chi connectivity index (χ4v) is 1.28. The number of nitrogens with two attached hydrogens (primary N) is 1. The van der Waals surface area contributed by atoms with Gasteiger partial charge in [-0.15, -0.1) is 0 Å². The number of carbonyl (C=O) groups is 1. The molecule has 0 spiro atoms. The molecule has 1 atom stereocenters. The number of hydrogen-bond acceptors (Lipinski definition) is 4. The highest BCUT2D eigenvalue weighted by Gasteiger charge is 2.15. The first-order valence-electron chi connectivity index (χ1n) is 4.53. The third kappa shape index (κ3) is 2.66. The lowest BCUT2D eigenvalue weighted by atomic mass is 10.1. The Labute approximate surface area is 87.9 Å². The van der Waals surface area contributed by atoms with Crippen LogP contribution in [0.3, 0.4) is 0 Å². The van der Waals surface area contributed by atoms with Gasteiger partial charge in [0.05, 0.1) is 7.11 Å². The lowest BCUT2D eigenvalue weighted by Gasteiger charge is -2.11. The molecule has 82 valence electrons. The quantitative estimate of drug-likeness (QED) is 0.749. The second-order valence-corrected chi connectivity index (χ2v) is 3.23. The van der Waals surface area contributed by atoms with Crippen LogP contribution in [-0.2, 0) is 11.2 Å². The number of hydrogen-bond donors (Lipinski definition) is 2. The van der Waals surface area contributed by atoms with Gasteiger partial charge < -0.3 is 15.6 Å². The zero-order valence-electron chi connectivity index (χ0n) is 8.73. The van der Waals surface area contributed by atoms with E-state index in [0.717, 1.165) is 5.56 Å². The Morgan fingerprint density at radius 1 is 1.73 bits per heavy atom. The lowest BCUT2D eigenvalue weighted by molar-refractivity contribution is -0.138. The number of carboxylic acid groups (broad SMARTS) is 1. The summed E-state index contributed by atoms with van der Waals surface area (Å²) in [6.45, 7) is 1.83. The van der Waals surface area contributed by atoms with Crippen LogP contribution in [-0.4, -0.2) is 29.2 Å². The van der Waals surface area contributed by atoms with Gasteiger partial charge in [0.25, 0.3) is 0 Å². The molecule has 0 aliphatic rings. The van der Waals surface area contributed by atoms with Crippen LogP contribution >= 0.6 is 0 Å². The molecule has 0 saturated heterocycles. The van der Waals surface area contributed by atoms with Gasteiger partial charge in [0, 0.05) is 23.9 Å². The second-order valence-electron chi connectivity index (χ2n) is 3.23. The van der Waals surface area contributed by atoms with Crippen LogP contribution in [0.1, 0.15) is 11.3 Å². The van der Waals surface area contributed by atoms with E-state index in [1.54, 1.807) is 19.4 Å². The van der Waals surface area contributed by atoms with Gasteiger partial charge in [0.2, 0.25) is 0 Å². The summed E-state index contributed by atoms with van der Waals surface area (Å²) in [5, 5.41) is 8.68. The molecule has 0 radical (unpaired) electrons. The largest absolute Gasteiger partial charge is 0.496 e. The van der Waals surface area contributed by atoms with Crippen molar-refractivity contribution in [3.05, 3.63) is 23.5 Å². The van der Waals surface area contributed by atoms with E-state index >= 15 is 0 Å². The van der Waals surface area contributed by atoms with E-state index in [4.69, 9.17) is 15.6 Å². The number of aliphatic carboxylic acids is 1. The van der Waals surface area contributed by atoms with E-state index in [1.165, 1.54) is 0 Å². The molecule has 0 aliphatic carbocycles. The van der Waals surface area contributed by atoms with Crippen LogP contribution in [0, 0.1) is 6.92 Å². The van der Waals surface area contributed by atoms with E-state index in [-0.39, 0.29) is 6.42 Å². The first kappa shape index (κ1) is 11.5. The van der Waals surface area contributed by atoms with E-state index in [9.17, 15) is 4.79 Å². The summed E-state index contributed by atoms with van der Waals surface area (Å²) in [5.74, 6) is -0.336. The van der Waals surface area contributed by atoms with E-state index in [2.05, 4.69) is 4.98 Å². The molecule has 5 nitrogen and oxygen atoms in total. The third-order valence-corrected chi connectivity index (χ3v) is 2.21. The number of methoxy groups -OCH3 is 1. The molecule has 1 unspecified atom stereocenters. The normalized spacial score (nSPS) is 12.2. The highest BCUT2D eigenvalue weighted by Crippen LogP contribution is 2.19. The molecule has 15 heavy (non-hydrogen) atoms. The average molecular weight is 210 g/mol. The van der Waals surface area contributed by atoms with Gasteiger partial charge in [-0.2, -0.15) is 0 Å². The Morgan fingerprint density at radius 2 is 2.40 bits per heavy atom. The lowest BCUT2D eigenvalue weighted by Crippen LogP contribution is -2.32. The molecule has 1 aromatic heterocycles. The Morgan fingerprint density at radius 3 is 2.93 bits per heavy atom. The minimum Gasteiger partial charge on any atom is -0.496 e. The van der Waals surface area contributed by atoms with Crippen LogP contribution < -0.4 is 10.5 Å². The van der Waals surface area contributed by atoms with Crippen LogP contribution in [0.25, 0.3) is 0 Å². The van der Waals surface area contributed by atoms with E-state index in [1.807, 2.05) is 6.92 Å². The SMILES string of the molecule is COc1ccnc(CC(N)C(=O)O)c1C. The van der Waals surface area contributed by atoms with Crippen molar-refractivity contribution in [2.45, 2.75) is 19.4 Å². The smallest absolute Gasteiger partial charge is 0.320 e. The third-order valence-electron chi connectivity index (χ3n) is 2.21. The van der Waals surface area contributed by atoms with Crippen molar-refractivity contribution in [2.75, 3.05) is 7.11 Å².